The second-order valence-electron chi connectivity index (χ2n) is 4.13. The molecule has 0 saturated heterocycles. The fourth-order valence-corrected chi connectivity index (χ4v) is 3.66. The van der Waals surface area contributed by atoms with E-state index in [0.29, 0.717) is 5.33 Å². The van der Waals surface area contributed by atoms with Crippen LogP contribution in [-0.2, 0) is 15.4 Å². The molecular weight excluding hydrogens is 420 g/mol. The topological polar surface area (TPSA) is 46.2 Å². The first-order valence-corrected chi connectivity index (χ1v) is 9.39. The van der Waals surface area contributed by atoms with E-state index in [1.165, 1.54) is 24.3 Å². The van der Waals surface area contributed by atoms with Crippen molar-refractivity contribution in [3.63, 3.8) is 0 Å². The lowest BCUT2D eigenvalue weighted by molar-refractivity contribution is 0.601. The van der Waals surface area contributed by atoms with Gasteiger partial charge in [-0.25, -0.2) is 8.42 Å². The van der Waals surface area contributed by atoms with Crippen LogP contribution in [0.3, 0.4) is 0 Å². The minimum atomic E-state index is -3.74. The fourth-order valence-electron chi connectivity index (χ4n) is 1.56. The van der Waals surface area contributed by atoms with E-state index < -0.39 is 10.0 Å². The molecule has 0 aliphatic rings. The highest BCUT2D eigenvalue weighted by Gasteiger charge is 2.16. The lowest BCUT2D eigenvalue weighted by Crippen LogP contribution is -2.13. The van der Waals surface area contributed by atoms with E-state index in [1.54, 1.807) is 12.1 Å². The SMILES string of the molecule is O=S(=O)(Nc1cc(Cl)c(Cl)cc1Cl)c1ccc(CBr)cc1. The summed E-state index contributed by atoms with van der Waals surface area (Å²) in [4.78, 5) is 0.134. The smallest absolute Gasteiger partial charge is 0.261 e. The second-order valence-corrected chi connectivity index (χ2v) is 7.59. The number of rotatable bonds is 4. The first-order chi connectivity index (χ1) is 9.83. The quantitative estimate of drug-likeness (QED) is 0.527. The van der Waals surface area contributed by atoms with Gasteiger partial charge in [0.05, 0.1) is 25.7 Å². The zero-order valence-corrected chi connectivity index (χ0v) is 15.1. The molecule has 0 fully saturated rings. The minimum Gasteiger partial charge on any atom is -0.278 e. The molecule has 1 N–H and O–H groups in total. The molecule has 0 atom stereocenters. The number of alkyl halides is 1. The molecule has 0 aliphatic heterocycles. The van der Waals surface area contributed by atoms with Crippen molar-refractivity contribution < 1.29 is 8.42 Å². The van der Waals surface area contributed by atoms with Crippen molar-refractivity contribution in [2.24, 2.45) is 0 Å². The molecule has 8 heteroatoms. The minimum absolute atomic E-state index is 0.134. The van der Waals surface area contributed by atoms with Gasteiger partial charge in [0.1, 0.15) is 0 Å². The maximum atomic E-state index is 12.3. The molecule has 0 saturated carbocycles. The lowest BCUT2D eigenvalue weighted by Gasteiger charge is -2.11. The molecule has 2 aromatic carbocycles. The van der Waals surface area contributed by atoms with E-state index in [2.05, 4.69) is 20.7 Å². The van der Waals surface area contributed by atoms with E-state index in [1.807, 2.05) is 0 Å². The van der Waals surface area contributed by atoms with E-state index in [-0.39, 0.29) is 25.7 Å². The van der Waals surface area contributed by atoms with Crippen molar-refractivity contribution in [1.82, 2.24) is 0 Å². The molecule has 2 rings (SSSR count). The van der Waals surface area contributed by atoms with Crippen LogP contribution >= 0.6 is 50.7 Å². The van der Waals surface area contributed by atoms with E-state index >= 15 is 0 Å². The van der Waals surface area contributed by atoms with Crippen molar-refractivity contribution in [3.8, 4) is 0 Å². The number of benzene rings is 2. The Morgan fingerprint density at radius 3 is 2.10 bits per heavy atom. The fraction of sp³-hybridized carbons (Fsp3) is 0.0769. The van der Waals surface area contributed by atoms with Crippen molar-refractivity contribution in [2.75, 3.05) is 4.72 Å². The molecular formula is C13H9BrCl3NO2S. The highest BCUT2D eigenvalue weighted by atomic mass is 79.9. The van der Waals surface area contributed by atoms with Gasteiger partial charge in [0, 0.05) is 5.33 Å². The van der Waals surface area contributed by atoms with Crippen LogP contribution in [0.25, 0.3) is 0 Å². The van der Waals surface area contributed by atoms with Crippen LogP contribution in [0.4, 0.5) is 5.69 Å². The normalized spacial score (nSPS) is 11.4. The van der Waals surface area contributed by atoms with E-state index in [9.17, 15) is 8.42 Å². The van der Waals surface area contributed by atoms with Crippen molar-refractivity contribution in [3.05, 3.63) is 57.0 Å². The molecule has 0 aromatic heterocycles. The van der Waals surface area contributed by atoms with Gasteiger partial charge in [0.2, 0.25) is 0 Å². The summed E-state index contributed by atoms with van der Waals surface area (Å²) in [6, 6.07) is 9.24. The maximum absolute atomic E-state index is 12.3. The Balaban J connectivity index is 2.34. The third kappa shape index (κ3) is 4.05. The Bertz CT molecular complexity index is 764. The molecule has 0 bridgehead atoms. The average molecular weight is 430 g/mol. The maximum Gasteiger partial charge on any atom is 0.261 e. The largest absolute Gasteiger partial charge is 0.278 e. The van der Waals surface area contributed by atoms with Crippen LogP contribution < -0.4 is 4.72 Å². The zero-order valence-electron chi connectivity index (χ0n) is 10.4. The lowest BCUT2D eigenvalue weighted by atomic mass is 10.2. The monoisotopic (exact) mass is 427 g/mol. The molecule has 0 amide bonds. The van der Waals surface area contributed by atoms with Crippen LogP contribution in [0.1, 0.15) is 5.56 Å². The van der Waals surface area contributed by atoms with Gasteiger partial charge < -0.3 is 0 Å². The summed E-state index contributed by atoms with van der Waals surface area (Å²) in [6.07, 6.45) is 0. The summed E-state index contributed by atoms with van der Waals surface area (Å²) in [5.74, 6) is 0. The molecule has 3 nitrogen and oxygen atoms in total. The number of sulfonamides is 1. The molecule has 0 unspecified atom stereocenters. The number of hydrogen-bond donors (Lipinski definition) is 1. The van der Waals surface area contributed by atoms with Crippen molar-refractivity contribution >= 4 is 66.4 Å². The van der Waals surface area contributed by atoms with Gasteiger partial charge in [-0.3, -0.25) is 4.72 Å². The van der Waals surface area contributed by atoms with Crippen molar-refractivity contribution in [1.29, 1.82) is 0 Å². The zero-order chi connectivity index (χ0) is 15.6. The third-order valence-corrected chi connectivity index (χ3v) is 5.71. The predicted molar refractivity (Wildman–Crippen MR) is 91.4 cm³/mol. The van der Waals surface area contributed by atoms with Gasteiger partial charge in [0.15, 0.2) is 0 Å². The first-order valence-electron chi connectivity index (χ1n) is 5.66. The van der Waals surface area contributed by atoms with Gasteiger partial charge in [0.25, 0.3) is 10.0 Å². The molecule has 21 heavy (non-hydrogen) atoms. The van der Waals surface area contributed by atoms with Crippen LogP contribution in [0.15, 0.2) is 41.3 Å². The molecule has 2 aromatic rings. The number of hydrogen-bond acceptors (Lipinski definition) is 2. The standard InChI is InChI=1S/C13H9BrCl3NO2S/c14-7-8-1-3-9(4-2-8)21(19,20)18-13-6-11(16)10(15)5-12(13)17/h1-6,18H,7H2. The molecule has 0 heterocycles. The van der Waals surface area contributed by atoms with Gasteiger partial charge >= 0.3 is 0 Å². The number of anilines is 1. The average Bonchev–Trinajstić information content (AvgIpc) is 2.44. The summed E-state index contributed by atoms with van der Waals surface area (Å²) in [5, 5.41) is 1.30. The summed E-state index contributed by atoms with van der Waals surface area (Å²) in [5.41, 5.74) is 1.15. The van der Waals surface area contributed by atoms with E-state index in [4.69, 9.17) is 34.8 Å². The van der Waals surface area contributed by atoms with Gasteiger partial charge in [-0.15, -0.1) is 0 Å². The van der Waals surface area contributed by atoms with Crippen molar-refractivity contribution in [2.45, 2.75) is 10.2 Å². The third-order valence-electron chi connectivity index (χ3n) is 2.64. The summed E-state index contributed by atoms with van der Waals surface area (Å²) in [7, 11) is -3.74. The highest BCUT2D eigenvalue weighted by molar-refractivity contribution is 9.08. The van der Waals surface area contributed by atoms with Gasteiger partial charge in [-0.05, 0) is 29.8 Å². The highest BCUT2D eigenvalue weighted by Crippen LogP contribution is 2.33. The number of nitrogens with one attached hydrogen (secondary N) is 1. The summed E-state index contributed by atoms with van der Waals surface area (Å²) >= 11 is 20.9. The second kappa shape index (κ2) is 6.75. The number of halogens is 4. The Hall–Kier alpha value is -0.460. The summed E-state index contributed by atoms with van der Waals surface area (Å²) < 4.78 is 27.0. The molecule has 0 spiro atoms. The Labute approximate surface area is 146 Å². The first kappa shape index (κ1) is 16.9. The van der Waals surface area contributed by atoms with Crippen LogP contribution in [0.2, 0.25) is 15.1 Å². The molecule has 0 aliphatic carbocycles. The Kier molecular flexibility index (Phi) is 5.43. The van der Waals surface area contributed by atoms with E-state index in [0.717, 1.165) is 5.56 Å². The molecule has 0 radical (unpaired) electrons. The summed E-state index contributed by atoms with van der Waals surface area (Å²) in [6.45, 7) is 0. The van der Waals surface area contributed by atoms with Crippen LogP contribution in [0.5, 0.6) is 0 Å². The van der Waals surface area contributed by atoms with Crippen LogP contribution in [-0.4, -0.2) is 8.42 Å². The Morgan fingerprint density at radius 1 is 0.952 bits per heavy atom. The molecule has 112 valence electrons. The predicted octanol–water partition coefficient (Wildman–Crippen LogP) is 5.34. The Morgan fingerprint density at radius 2 is 1.52 bits per heavy atom. The van der Waals surface area contributed by atoms with Crippen LogP contribution in [0, 0.1) is 0 Å². The van der Waals surface area contributed by atoms with Gasteiger partial charge in [-0.1, -0.05) is 62.9 Å². The van der Waals surface area contributed by atoms with Gasteiger partial charge in [-0.2, -0.15) is 0 Å².